The Bertz CT molecular complexity index is 991. The van der Waals surface area contributed by atoms with Gasteiger partial charge in [0.2, 0.25) is 11.8 Å². The summed E-state index contributed by atoms with van der Waals surface area (Å²) in [5.41, 5.74) is 1.23. The van der Waals surface area contributed by atoms with Gasteiger partial charge >= 0.3 is 25.3 Å². The van der Waals surface area contributed by atoms with Crippen LogP contribution in [-0.2, 0) is 34.9 Å². The molecule has 2 amide bonds. The second kappa shape index (κ2) is 26.6. The van der Waals surface area contributed by atoms with Gasteiger partial charge in [0.15, 0.2) is 11.6 Å². The van der Waals surface area contributed by atoms with Crippen LogP contribution in [0, 0.1) is 0 Å². The predicted octanol–water partition coefficient (Wildman–Crippen LogP) is 7.14. The van der Waals surface area contributed by atoms with Crippen LogP contribution in [0.4, 0.5) is 0 Å². The molecule has 0 radical (unpaired) electrons. The Hall–Kier alpha value is -2.99. The van der Waals surface area contributed by atoms with E-state index in [4.69, 9.17) is 6.80 Å². The molecule has 43 heavy (non-hydrogen) atoms. The second-order valence-electron chi connectivity index (χ2n) is 10.2. The number of hydrogen-bond acceptors (Lipinski definition) is 6. The minimum absolute atomic E-state index is 0.0164. The first-order valence-corrected chi connectivity index (χ1v) is 17.1. The molecule has 2 rings (SSSR count). The third kappa shape index (κ3) is 19.0. The summed E-state index contributed by atoms with van der Waals surface area (Å²) in [5.74, 6) is -0.260. The maximum absolute atomic E-state index is 12.2. The van der Waals surface area contributed by atoms with Gasteiger partial charge in [-0.25, -0.2) is 0 Å². The van der Waals surface area contributed by atoms with Gasteiger partial charge in [-0.1, -0.05) is 114 Å². The molecule has 0 atom stereocenters. The summed E-state index contributed by atoms with van der Waals surface area (Å²) < 4.78 is 17.0. The molecule has 0 heterocycles. The maximum atomic E-state index is 12.2. The summed E-state index contributed by atoms with van der Waals surface area (Å²) in [6, 6.07) is 18.1. The number of carbonyl (C=O) groups excluding carboxylic acids is 4. The molecule has 0 unspecified atom stereocenters. The summed E-state index contributed by atoms with van der Waals surface area (Å²) in [6.45, 7) is 11.5. The van der Waals surface area contributed by atoms with E-state index in [0.717, 1.165) is 77.5 Å². The van der Waals surface area contributed by atoms with Crippen LogP contribution in [0.15, 0.2) is 60.7 Å². The van der Waals surface area contributed by atoms with E-state index >= 15 is 0 Å². The van der Waals surface area contributed by atoms with E-state index in [0.29, 0.717) is 11.1 Å². The number of unbranched alkanes of at least 4 members (excludes halogenated alkanes) is 4. The number of rotatable bonds is 18. The van der Waals surface area contributed by atoms with Crippen molar-refractivity contribution in [2.24, 2.45) is 0 Å². The fourth-order valence-electron chi connectivity index (χ4n) is 4.07. The van der Waals surface area contributed by atoms with Crippen molar-refractivity contribution in [2.45, 2.75) is 91.9 Å². The van der Waals surface area contributed by atoms with Gasteiger partial charge in [0.25, 0.3) is 0 Å². The van der Waals surface area contributed by atoms with Gasteiger partial charge in [-0.15, -0.1) is 0 Å². The van der Waals surface area contributed by atoms with Crippen LogP contribution < -0.4 is 0 Å². The molecule has 0 aliphatic carbocycles. The summed E-state index contributed by atoms with van der Waals surface area (Å²) in [5, 5.41) is 0. The molecule has 0 saturated heterocycles. The van der Waals surface area contributed by atoms with Gasteiger partial charge in [-0.05, 0) is 25.7 Å². The van der Waals surface area contributed by atoms with Crippen LogP contribution in [-0.4, -0.2) is 59.4 Å². The molecule has 0 aliphatic heterocycles. The molecule has 2 aromatic carbocycles. The van der Waals surface area contributed by atoms with E-state index in [1.54, 1.807) is 24.3 Å². The molecule has 0 aliphatic rings. The average Bonchev–Trinajstić information content (AvgIpc) is 3.02. The first-order chi connectivity index (χ1) is 20.8. The number of carbonyl (C=O) groups is 4. The van der Waals surface area contributed by atoms with Crippen LogP contribution in [0.2, 0.25) is 0 Å². The van der Waals surface area contributed by atoms with Crippen molar-refractivity contribution in [3.63, 3.8) is 0 Å². The molecular weight excluding hydrogens is 628 g/mol. The van der Waals surface area contributed by atoms with Crippen molar-refractivity contribution in [2.75, 3.05) is 26.2 Å². The van der Waals surface area contributed by atoms with Crippen LogP contribution in [0.25, 0.3) is 0 Å². The zero-order valence-electron chi connectivity index (χ0n) is 26.4. The third-order valence-electron chi connectivity index (χ3n) is 6.65. The van der Waals surface area contributed by atoms with E-state index in [1.165, 1.54) is 0 Å². The average molecular weight is 679 g/mol. The number of benzene rings is 2. The Morgan fingerprint density at radius 2 is 0.767 bits per heavy atom. The van der Waals surface area contributed by atoms with Crippen molar-refractivity contribution < 1.29 is 44.5 Å². The van der Waals surface area contributed by atoms with E-state index in [1.807, 2.05) is 46.2 Å². The molecule has 0 saturated carbocycles. The van der Waals surface area contributed by atoms with Gasteiger partial charge in [0.1, 0.15) is 0 Å². The number of ketones is 2. The summed E-state index contributed by atoms with van der Waals surface area (Å²) >= 11 is -2.03. The monoisotopic (exact) mass is 680 g/mol. The van der Waals surface area contributed by atoms with E-state index in [2.05, 4.69) is 27.7 Å². The topological polar surface area (TPSA) is 109 Å². The van der Waals surface area contributed by atoms with Crippen molar-refractivity contribution >= 4 is 23.4 Å². The molecular formula is C34H50MoN2O6+2. The SMILES string of the molecule is CCCCN(CCCC)C(=O)CC(=O)c1ccccc1.CCCCN(CCCC)C(=O)CC(=O)c1ccccc1.[O]=[Mo+2]=[O]. The van der Waals surface area contributed by atoms with E-state index in [-0.39, 0.29) is 36.2 Å². The van der Waals surface area contributed by atoms with Crippen molar-refractivity contribution in [1.82, 2.24) is 9.80 Å². The Balaban J connectivity index is 0.000000751. The van der Waals surface area contributed by atoms with Crippen LogP contribution in [0.1, 0.15) is 113 Å². The number of nitrogens with zero attached hydrogens (tertiary/aromatic N) is 2. The minimum atomic E-state index is -2.03. The van der Waals surface area contributed by atoms with Gasteiger partial charge in [0.05, 0.1) is 12.8 Å². The van der Waals surface area contributed by atoms with Crippen molar-refractivity contribution in [3.05, 3.63) is 71.8 Å². The molecule has 0 N–H and O–H groups in total. The standard InChI is InChI=1S/2C17H25NO2.Mo.2O/c2*1-3-5-12-18(13-6-4-2)17(20)14-16(19)15-10-8-7-9-11-15;;;/h2*7-11H,3-6,12-14H2,1-2H3;;;/q;;+2;;. The van der Waals surface area contributed by atoms with Crippen LogP contribution in [0.3, 0.4) is 0 Å². The Morgan fingerprint density at radius 3 is 1.00 bits per heavy atom. The molecule has 0 bridgehead atoms. The van der Waals surface area contributed by atoms with Crippen molar-refractivity contribution in [3.8, 4) is 0 Å². The Morgan fingerprint density at radius 1 is 0.512 bits per heavy atom. The molecule has 2 aromatic rings. The Labute approximate surface area is 266 Å². The summed E-state index contributed by atoms with van der Waals surface area (Å²) in [7, 11) is 0. The second-order valence-corrected chi connectivity index (χ2v) is 10.5. The molecule has 0 aromatic heterocycles. The number of amides is 2. The van der Waals surface area contributed by atoms with Gasteiger partial charge in [-0.2, -0.15) is 0 Å². The van der Waals surface area contributed by atoms with E-state index < -0.39 is 18.5 Å². The van der Waals surface area contributed by atoms with Crippen LogP contribution >= 0.6 is 0 Å². The molecule has 8 nitrogen and oxygen atoms in total. The van der Waals surface area contributed by atoms with Gasteiger partial charge in [0, 0.05) is 37.3 Å². The fraction of sp³-hybridized carbons (Fsp3) is 0.529. The molecule has 236 valence electrons. The predicted molar refractivity (Wildman–Crippen MR) is 165 cm³/mol. The quantitative estimate of drug-likeness (QED) is 0.0943. The van der Waals surface area contributed by atoms with E-state index in [9.17, 15) is 19.2 Å². The summed E-state index contributed by atoms with van der Waals surface area (Å²) in [4.78, 5) is 52.3. The first-order valence-electron chi connectivity index (χ1n) is 15.4. The molecule has 9 heteroatoms. The number of hydrogen-bond donors (Lipinski definition) is 0. The van der Waals surface area contributed by atoms with Gasteiger partial charge < -0.3 is 9.80 Å². The molecule has 0 spiro atoms. The normalized spacial score (nSPS) is 9.77. The zero-order chi connectivity index (χ0) is 32.3. The zero-order valence-corrected chi connectivity index (χ0v) is 28.4. The van der Waals surface area contributed by atoms with Crippen LogP contribution in [0.5, 0.6) is 0 Å². The number of Topliss-reactive ketones (excluding diaryl/α,β-unsaturated/α-hetero) is 2. The third-order valence-corrected chi connectivity index (χ3v) is 6.65. The fourth-order valence-corrected chi connectivity index (χ4v) is 4.07. The Kier molecular flexibility index (Phi) is 24.8. The molecule has 0 fully saturated rings. The van der Waals surface area contributed by atoms with Gasteiger partial charge in [-0.3, -0.25) is 19.2 Å². The van der Waals surface area contributed by atoms with Crippen molar-refractivity contribution in [1.29, 1.82) is 0 Å². The summed E-state index contributed by atoms with van der Waals surface area (Å²) in [6.07, 6.45) is 8.18. The first kappa shape index (κ1) is 40.0.